The van der Waals surface area contributed by atoms with E-state index in [-0.39, 0.29) is 30.4 Å². The third kappa shape index (κ3) is 4.29. The number of benzene rings is 1. The van der Waals surface area contributed by atoms with Gasteiger partial charge in [0.1, 0.15) is 0 Å². The van der Waals surface area contributed by atoms with E-state index in [1.807, 2.05) is 4.90 Å². The minimum absolute atomic E-state index is 0.0370. The maximum absolute atomic E-state index is 13.1. The molecule has 9 nitrogen and oxygen atoms in total. The molecule has 1 atom stereocenters. The van der Waals surface area contributed by atoms with Gasteiger partial charge in [0.15, 0.2) is 17.8 Å². The summed E-state index contributed by atoms with van der Waals surface area (Å²) in [4.78, 5) is 29.4. The number of anilines is 1. The number of methoxy groups -OCH3 is 3. The Hall–Kier alpha value is -2.52. The zero-order valence-corrected chi connectivity index (χ0v) is 18.3. The quantitative estimate of drug-likeness (QED) is 0.673. The Kier molecular flexibility index (Phi) is 6.52. The van der Waals surface area contributed by atoms with Crippen LogP contribution in [0.15, 0.2) is 12.1 Å². The first kappa shape index (κ1) is 21.7. The largest absolute Gasteiger partial charge is 0.493 e. The second-order valence-corrected chi connectivity index (χ2v) is 8.06. The summed E-state index contributed by atoms with van der Waals surface area (Å²) in [6.45, 7) is 2.96. The molecule has 31 heavy (non-hydrogen) atoms. The number of nitrogens with zero attached hydrogens (tertiary/aromatic N) is 2. The molecule has 9 heteroatoms. The molecule has 1 unspecified atom stereocenters. The number of carbonyl (C=O) groups excluding carboxylic acids is 2. The van der Waals surface area contributed by atoms with Crippen molar-refractivity contribution in [1.29, 1.82) is 0 Å². The van der Waals surface area contributed by atoms with Gasteiger partial charge in [-0.3, -0.25) is 9.59 Å². The van der Waals surface area contributed by atoms with Crippen molar-refractivity contribution in [3.05, 3.63) is 12.1 Å². The molecule has 3 aliphatic rings. The van der Waals surface area contributed by atoms with Crippen molar-refractivity contribution in [1.82, 2.24) is 4.90 Å². The van der Waals surface area contributed by atoms with Crippen molar-refractivity contribution in [3.63, 3.8) is 0 Å². The summed E-state index contributed by atoms with van der Waals surface area (Å²) in [6, 6.07) is 3.47. The summed E-state index contributed by atoms with van der Waals surface area (Å²) in [5.41, 5.74) is 0.629. The average Bonchev–Trinajstić information content (AvgIpc) is 3.48. The van der Waals surface area contributed by atoms with Gasteiger partial charge in [-0.1, -0.05) is 0 Å². The van der Waals surface area contributed by atoms with Gasteiger partial charge < -0.3 is 33.5 Å². The van der Waals surface area contributed by atoms with Crippen LogP contribution in [0.4, 0.5) is 5.69 Å². The van der Waals surface area contributed by atoms with Gasteiger partial charge in [-0.2, -0.15) is 0 Å². The summed E-state index contributed by atoms with van der Waals surface area (Å²) in [5.74, 6) is 1.32. The summed E-state index contributed by atoms with van der Waals surface area (Å²) < 4.78 is 27.4. The smallest absolute Gasteiger partial charge is 0.228 e. The van der Waals surface area contributed by atoms with Gasteiger partial charge in [-0.25, -0.2) is 0 Å². The highest BCUT2D eigenvalue weighted by Gasteiger charge is 2.39. The molecular weight excluding hydrogens is 404 g/mol. The first-order chi connectivity index (χ1) is 15.0. The lowest BCUT2D eigenvalue weighted by atomic mass is 9.95. The van der Waals surface area contributed by atoms with E-state index in [0.717, 1.165) is 12.8 Å². The zero-order chi connectivity index (χ0) is 22.0. The molecule has 1 aromatic carbocycles. The number of rotatable bonds is 6. The number of amides is 2. The highest BCUT2D eigenvalue weighted by atomic mass is 16.7. The van der Waals surface area contributed by atoms with Crippen LogP contribution in [0.5, 0.6) is 17.2 Å². The minimum Gasteiger partial charge on any atom is -0.493 e. The lowest BCUT2D eigenvalue weighted by Crippen LogP contribution is -2.44. The lowest BCUT2D eigenvalue weighted by Gasteiger charge is -2.35. The monoisotopic (exact) mass is 434 g/mol. The third-order valence-corrected chi connectivity index (χ3v) is 6.32. The Morgan fingerprint density at radius 2 is 1.61 bits per heavy atom. The van der Waals surface area contributed by atoms with E-state index in [1.54, 1.807) is 17.0 Å². The Morgan fingerprint density at radius 1 is 1.00 bits per heavy atom. The van der Waals surface area contributed by atoms with Crippen LogP contribution in [0.3, 0.4) is 0 Å². The van der Waals surface area contributed by atoms with Gasteiger partial charge in [0, 0.05) is 44.1 Å². The maximum Gasteiger partial charge on any atom is 0.228 e. The fourth-order valence-electron chi connectivity index (χ4n) is 4.64. The normalized spacial score (nSPS) is 22.8. The van der Waals surface area contributed by atoms with Crippen molar-refractivity contribution in [2.24, 2.45) is 11.8 Å². The Labute approximate surface area is 182 Å². The van der Waals surface area contributed by atoms with Gasteiger partial charge in [-0.15, -0.1) is 0 Å². The summed E-state index contributed by atoms with van der Waals surface area (Å²) >= 11 is 0. The summed E-state index contributed by atoms with van der Waals surface area (Å²) in [7, 11) is 4.60. The topological polar surface area (TPSA) is 86.8 Å². The summed E-state index contributed by atoms with van der Waals surface area (Å²) in [5, 5.41) is 0. The second kappa shape index (κ2) is 9.32. The van der Waals surface area contributed by atoms with E-state index < -0.39 is 0 Å². The van der Waals surface area contributed by atoms with Gasteiger partial charge in [0.05, 0.1) is 46.1 Å². The van der Waals surface area contributed by atoms with Gasteiger partial charge in [0.25, 0.3) is 0 Å². The molecule has 3 heterocycles. The van der Waals surface area contributed by atoms with Crippen molar-refractivity contribution < 1.29 is 33.3 Å². The lowest BCUT2D eigenvalue weighted by molar-refractivity contribution is -0.140. The molecule has 0 radical (unpaired) electrons. The van der Waals surface area contributed by atoms with E-state index in [1.165, 1.54) is 21.3 Å². The highest BCUT2D eigenvalue weighted by Crippen LogP contribution is 2.42. The molecule has 0 spiro atoms. The number of ether oxygens (including phenoxy) is 5. The predicted octanol–water partition coefficient (Wildman–Crippen LogP) is 1.68. The van der Waals surface area contributed by atoms with Crippen LogP contribution in [0, 0.1) is 11.8 Å². The maximum atomic E-state index is 13.1. The fourth-order valence-corrected chi connectivity index (χ4v) is 4.64. The van der Waals surface area contributed by atoms with Crippen LogP contribution in [0.25, 0.3) is 0 Å². The highest BCUT2D eigenvalue weighted by molar-refractivity contribution is 6.00. The molecule has 0 saturated carbocycles. The van der Waals surface area contributed by atoms with Crippen LogP contribution in [0.2, 0.25) is 0 Å². The van der Waals surface area contributed by atoms with Gasteiger partial charge in [0.2, 0.25) is 17.6 Å². The van der Waals surface area contributed by atoms with Crippen LogP contribution in [-0.4, -0.2) is 77.2 Å². The fraction of sp³-hybridized carbons (Fsp3) is 0.636. The molecule has 0 bridgehead atoms. The van der Waals surface area contributed by atoms with Crippen molar-refractivity contribution in [3.8, 4) is 17.2 Å². The number of likely N-dealkylation sites (tertiary alicyclic amines) is 1. The predicted molar refractivity (Wildman–Crippen MR) is 112 cm³/mol. The van der Waals surface area contributed by atoms with E-state index in [0.29, 0.717) is 61.7 Å². The number of carbonyl (C=O) groups is 2. The molecule has 0 aromatic heterocycles. The second-order valence-electron chi connectivity index (χ2n) is 8.06. The van der Waals surface area contributed by atoms with Crippen molar-refractivity contribution in [2.75, 3.05) is 59.1 Å². The minimum atomic E-state index is -0.359. The SMILES string of the molecule is COc1cc(N2CC(C(=O)N3CCC(C4OCCO4)CC3)CC2=O)cc(OC)c1OC. The molecular formula is C22H30N2O7. The standard InChI is InChI=1S/C22H30N2O7/c1-27-17-11-16(12-18(28-2)20(17)29-3)24-13-15(10-19(24)25)21(26)23-6-4-14(5-7-23)22-30-8-9-31-22/h11-12,14-15,22H,4-10,13H2,1-3H3. The first-order valence-corrected chi connectivity index (χ1v) is 10.7. The molecule has 0 N–H and O–H groups in total. The average molecular weight is 434 g/mol. The molecule has 3 fully saturated rings. The van der Waals surface area contributed by atoms with E-state index in [4.69, 9.17) is 23.7 Å². The number of piperidine rings is 1. The van der Waals surface area contributed by atoms with Crippen LogP contribution in [-0.2, 0) is 19.1 Å². The zero-order valence-electron chi connectivity index (χ0n) is 18.3. The Balaban J connectivity index is 1.42. The van der Waals surface area contributed by atoms with Gasteiger partial charge >= 0.3 is 0 Å². The van der Waals surface area contributed by atoms with E-state index in [2.05, 4.69) is 0 Å². The third-order valence-electron chi connectivity index (χ3n) is 6.32. The molecule has 170 valence electrons. The van der Waals surface area contributed by atoms with E-state index >= 15 is 0 Å². The van der Waals surface area contributed by atoms with Crippen LogP contribution < -0.4 is 19.1 Å². The van der Waals surface area contributed by atoms with Crippen molar-refractivity contribution in [2.45, 2.75) is 25.6 Å². The molecule has 1 aromatic rings. The van der Waals surface area contributed by atoms with Crippen LogP contribution >= 0.6 is 0 Å². The number of hydrogen-bond donors (Lipinski definition) is 0. The molecule has 2 amide bonds. The van der Waals surface area contributed by atoms with Crippen molar-refractivity contribution >= 4 is 17.5 Å². The summed E-state index contributed by atoms with van der Waals surface area (Å²) in [6.07, 6.45) is 1.77. The molecule has 3 saturated heterocycles. The molecule has 0 aliphatic carbocycles. The Bertz CT molecular complexity index is 791. The number of hydrogen-bond acceptors (Lipinski definition) is 7. The van der Waals surface area contributed by atoms with Gasteiger partial charge in [-0.05, 0) is 12.8 Å². The molecule has 3 aliphatic heterocycles. The molecule has 4 rings (SSSR count). The Morgan fingerprint density at radius 3 is 2.16 bits per heavy atom. The van der Waals surface area contributed by atoms with Crippen LogP contribution in [0.1, 0.15) is 19.3 Å². The first-order valence-electron chi connectivity index (χ1n) is 10.7. The van der Waals surface area contributed by atoms with E-state index in [9.17, 15) is 9.59 Å².